The normalized spacial score (nSPS) is 10.7. The summed E-state index contributed by atoms with van der Waals surface area (Å²) in [7, 11) is 1.59. The molecular weight excluding hydrogens is 385 g/mol. The SMILES string of the molecule is CN(CC(=O)Nc1ccc(F)cc1)C(=O)CCSc1nc2ccccc2s1. The number of anilines is 1. The zero-order valence-electron chi connectivity index (χ0n) is 14.6. The predicted molar refractivity (Wildman–Crippen MR) is 108 cm³/mol. The molecule has 0 saturated carbocycles. The van der Waals surface area contributed by atoms with Crippen molar-refractivity contribution in [2.75, 3.05) is 24.7 Å². The Bertz CT molecular complexity index is 911. The van der Waals surface area contributed by atoms with Crippen molar-refractivity contribution in [3.63, 3.8) is 0 Å². The van der Waals surface area contributed by atoms with Crippen molar-refractivity contribution in [2.45, 2.75) is 10.8 Å². The van der Waals surface area contributed by atoms with Crippen LogP contribution in [0, 0.1) is 5.82 Å². The first-order valence-corrected chi connectivity index (χ1v) is 10.1. The summed E-state index contributed by atoms with van der Waals surface area (Å²) in [6.45, 7) is -0.0536. The van der Waals surface area contributed by atoms with E-state index in [1.807, 2.05) is 24.3 Å². The highest BCUT2D eigenvalue weighted by molar-refractivity contribution is 8.01. The van der Waals surface area contributed by atoms with Crippen LogP contribution in [-0.2, 0) is 9.59 Å². The van der Waals surface area contributed by atoms with Crippen LogP contribution in [0.15, 0.2) is 52.9 Å². The molecule has 0 bridgehead atoms. The minimum absolute atomic E-state index is 0.0536. The molecule has 0 fully saturated rings. The predicted octanol–water partition coefficient (Wildman–Crippen LogP) is 4.01. The van der Waals surface area contributed by atoms with Gasteiger partial charge in [0, 0.05) is 24.9 Å². The third-order valence-corrected chi connectivity index (χ3v) is 5.93. The minimum atomic E-state index is -0.370. The van der Waals surface area contributed by atoms with Gasteiger partial charge in [0.1, 0.15) is 5.82 Å². The van der Waals surface area contributed by atoms with Gasteiger partial charge in [-0.05, 0) is 36.4 Å². The van der Waals surface area contributed by atoms with E-state index in [4.69, 9.17) is 0 Å². The van der Waals surface area contributed by atoms with Crippen LogP contribution >= 0.6 is 23.1 Å². The van der Waals surface area contributed by atoms with Crippen molar-refractivity contribution >= 4 is 50.8 Å². The number of nitrogens with zero attached hydrogens (tertiary/aromatic N) is 2. The molecule has 2 aromatic carbocycles. The number of hydrogen-bond acceptors (Lipinski definition) is 5. The van der Waals surface area contributed by atoms with Crippen molar-refractivity contribution in [3.05, 3.63) is 54.3 Å². The summed E-state index contributed by atoms with van der Waals surface area (Å²) in [6.07, 6.45) is 0.320. The van der Waals surface area contributed by atoms with E-state index in [-0.39, 0.29) is 24.2 Å². The second-order valence-electron chi connectivity index (χ2n) is 5.85. The summed E-state index contributed by atoms with van der Waals surface area (Å²) in [5.41, 5.74) is 1.46. The lowest BCUT2D eigenvalue weighted by atomic mass is 10.3. The molecule has 0 spiro atoms. The fourth-order valence-corrected chi connectivity index (χ4v) is 4.43. The maximum absolute atomic E-state index is 12.9. The Morgan fingerprint density at radius 3 is 2.67 bits per heavy atom. The van der Waals surface area contributed by atoms with Crippen LogP contribution in [0.3, 0.4) is 0 Å². The van der Waals surface area contributed by atoms with Crippen molar-refractivity contribution in [2.24, 2.45) is 0 Å². The van der Waals surface area contributed by atoms with Gasteiger partial charge in [0.25, 0.3) is 0 Å². The number of likely N-dealkylation sites (N-methyl/N-ethyl adjacent to an activating group) is 1. The molecule has 8 heteroatoms. The van der Waals surface area contributed by atoms with Crippen molar-refractivity contribution in [1.82, 2.24) is 9.88 Å². The van der Waals surface area contributed by atoms with E-state index in [1.165, 1.54) is 40.9 Å². The van der Waals surface area contributed by atoms with Crippen LogP contribution in [0.5, 0.6) is 0 Å². The van der Waals surface area contributed by atoms with E-state index < -0.39 is 0 Å². The molecule has 0 radical (unpaired) electrons. The Balaban J connectivity index is 1.43. The lowest BCUT2D eigenvalue weighted by Gasteiger charge is -2.16. The van der Waals surface area contributed by atoms with Crippen LogP contribution < -0.4 is 5.32 Å². The topological polar surface area (TPSA) is 62.3 Å². The van der Waals surface area contributed by atoms with Gasteiger partial charge in [0.15, 0.2) is 4.34 Å². The molecule has 27 heavy (non-hydrogen) atoms. The number of amides is 2. The van der Waals surface area contributed by atoms with E-state index >= 15 is 0 Å². The molecule has 3 rings (SSSR count). The van der Waals surface area contributed by atoms with Gasteiger partial charge in [0.05, 0.1) is 16.8 Å². The molecule has 0 aliphatic carbocycles. The number of thioether (sulfide) groups is 1. The molecule has 3 aromatic rings. The molecular formula is C19H18FN3O2S2. The first kappa shape index (κ1) is 19.3. The monoisotopic (exact) mass is 403 g/mol. The minimum Gasteiger partial charge on any atom is -0.336 e. The maximum Gasteiger partial charge on any atom is 0.243 e. The Hall–Kier alpha value is -2.45. The van der Waals surface area contributed by atoms with Gasteiger partial charge in [-0.15, -0.1) is 11.3 Å². The number of carbonyl (C=O) groups excluding carboxylic acids is 2. The molecule has 0 unspecified atom stereocenters. The largest absolute Gasteiger partial charge is 0.336 e. The van der Waals surface area contributed by atoms with Gasteiger partial charge in [-0.25, -0.2) is 9.37 Å². The average molecular weight is 404 g/mol. The second-order valence-corrected chi connectivity index (χ2v) is 8.22. The van der Waals surface area contributed by atoms with Crippen LogP contribution in [0.1, 0.15) is 6.42 Å². The van der Waals surface area contributed by atoms with Crippen molar-refractivity contribution < 1.29 is 14.0 Å². The Morgan fingerprint density at radius 2 is 1.93 bits per heavy atom. The molecule has 0 aliphatic heterocycles. The third kappa shape index (κ3) is 5.51. The molecule has 2 amide bonds. The number of rotatable bonds is 7. The molecule has 0 saturated heterocycles. The number of aromatic nitrogens is 1. The van der Waals surface area contributed by atoms with Gasteiger partial charge >= 0.3 is 0 Å². The number of hydrogen-bond donors (Lipinski definition) is 1. The summed E-state index contributed by atoms with van der Waals surface area (Å²) >= 11 is 3.14. The highest BCUT2D eigenvalue weighted by Gasteiger charge is 2.14. The molecule has 1 heterocycles. The summed E-state index contributed by atoms with van der Waals surface area (Å²) in [4.78, 5) is 30.1. The fourth-order valence-electron chi connectivity index (χ4n) is 2.37. The van der Waals surface area contributed by atoms with Gasteiger partial charge in [-0.1, -0.05) is 23.9 Å². The first-order valence-electron chi connectivity index (χ1n) is 8.29. The maximum atomic E-state index is 12.9. The van der Waals surface area contributed by atoms with E-state index in [1.54, 1.807) is 18.4 Å². The zero-order valence-corrected chi connectivity index (χ0v) is 16.3. The quantitative estimate of drug-likeness (QED) is 0.606. The zero-order chi connectivity index (χ0) is 19.2. The molecule has 0 atom stereocenters. The van der Waals surface area contributed by atoms with E-state index in [0.29, 0.717) is 17.9 Å². The van der Waals surface area contributed by atoms with Gasteiger partial charge in [-0.3, -0.25) is 9.59 Å². The number of fused-ring (bicyclic) bond motifs is 1. The first-order chi connectivity index (χ1) is 13.0. The number of carbonyl (C=O) groups is 2. The van der Waals surface area contributed by atoms with Gasteiger partial charge in [0.2, 0.25) is 11.8 Å². The fraction of sp³-hybridized carbons (Fsp3) is 0.211. The van der Waals surface area contributed by atoms with Gasteiger partial charge in [-0.2, -0.15) is 0 Å². The van der Waals surface area contributed by atoms with Crippen LogP contribution in [-0.4, -0.2) is 41.0 Å². The summed E-state index contributed by atoms with van der Waals surface area (Å²) in [6, 6.07) is 13.4. The van der Waals surface area contributed by atoms with Crippen molar-refractivity contribution in [3.8, 4) is 0 Å². The lowest BCUT2D eigenvalue weighted by Crippen LogP contribution is -2.35. The smallest absolute Gasteiger partial charge is 0.243 e. The number of nitrogens with one attached hydrogen (secondary N) is 1. The van der Waals surface area contributed by atoms with Gasteiger partial charge < -0.3 is 10.2 Å². The molecule has 0 aliphatic rings. The number of halogens is 1. The molecule has 140 valence electrons. The molecule has 1 N–H and O–H groups in total. The third-order valence-electron chi connectivity index (χ3n) is 3.75. The van der Waals surface area contributed by atoms with Crippen molar-refractivity contribution in [1.29, 1.82) is 0 Å². The second kappa shape index (κ2) is 8.96. The van der Waals surface area contributed by atoms with E-state index in [0.717, 1.165) is 14.6 Å². The van der Waals surface area contributed by atoms with Crippen LogP contribution in [0.2, 0.25) is 0 Å². The summed E-state index contributed by atoms with van der Waals surface area (Å²) < 4.78 is 14.9. The average Bonchev–Trinajstić information content (AvgIpc) is 3.06. The van der Waals surface area contributed by atoms with E-state index in [9.17, 15) is 14.0 Å². The Labute approximate surface area is 164 Å². The summed E-state index contributed by atoms with van der Waals surface area (Å²) in [5, 5.41) is 2.64. The highest BCUT2D eigenvalue weighted by Crippen LogP contribution is 2.29. The number of thiazole rings is 1. The van der Waals surface area contributed by atoms with Crippen LogP contribution in [0.25, 0.3) is 10.2 Å². The molecule has 1 aromatic heterocycles. The summed E-state index contributed by atoms with van der Waals surface area (Å²) in [5.74, 6) is -0.206. The van der Waals surface area contributed by atoms with E-state index in [2.05, 4.69) is 10.3 Å². The standard InChI is InChI=1S/C19H18FN3O2S2/c1-23(12-17(24)21-14-8-6-13(20)7-9-14)18(25)10-11-26-19-22-15-4-2-3-5-16(15)27-19/h2-9H,10-12H2,1H3,(H,21,24). The number of benzene rings is 2. The highest BCUT2D eigenvalue weighted by atomic mass is 32.2. The number of para-hydroxylation sites is 1. The Kier molecular flexibility index (Phi) is 6.41. The molecule has 5 nitrogen and oxygen atoms in total. The Morgan fingerprint density at radius 1 is 1.19 bits per heavy atom. The van der Waals surface area contributed by atoms with Crippen LogP contribution in [0.4, 0.5) is 10.1 Å². The lowest BCUT2D eigenvalue weighted by molar-refractivity contribution is -0.132.